The number of fused-ring (bicyclic) bond motifs is 1. The first-order valence-electron chi connectivity index (χ1n) is 9.03. The van der Waals surface area contributed by atoms with E-state index in [1.807, 2.05) is 12.1 Å². The van der Waals surface area contributed by atoms with Crippen LogP contribution in [0.5, 0.6) is 0 Å². The van der Waals surface area contributed by atoms with Crippen molar-refractivity contribution in [2.45, 2.75) is 21.4 Å². The van der Waals surface area contributed by atoms with E-state index in [0.717, 1.165) is 10.1 Å². The number of rotatable bonds is 8. The van der Waals surface area contributed by atoms with Crippen LogP contribution < -0.4 is 10.6 Å². The fourth-order valence-electron chi connectivity index (χ4n) is 2.63. The molecule has 0 aliphatic rings. The van der Waals surface area contributed by atoms with Crippen LogP contribution in [0.4, 0.5) is 10.3 Å². The number of carbonyl (C=O) groups excluding carboxylic acids is 2. The highest BCUT2D eigenvalue weighted by Gasteiger charge is 2.12. The van der Waals surface area contributed by atoms with Gasteiger partial charge in [-0.3, -0.25) is 14.9 Å². The van der Waals surface area contributed by atoms with Crippen LogP contribution in [0.2, 0.25) is 0 Å². The van der Waals surface area contributed by atoms with Crippen molar-refractivity contribution in [3.8, 4) is 0 Å². The summed E-state index contributed by atoms with van der Waals surface area (Å²) >= 11 is 5.40. The lowest BCUT2D eigenvalue weighted by Crippen LogP contribution is -2.13. The zero-order valence-electron chi connectivity index (χ0n) is 16.2. The molecule has 2 heterocycles. The highest BCUT2D eigenvalue weighted by atomic mass is 32.2. The molecule has 0 fully saturated rings. The molecule has 0 aliphatic carbocycles. The van der Waals surface area contributed by atoms with Gasteiger partial charge in [0.2, 0.25) is 22.1 Å². The van der Waals surface area contributed by atoms with Gasteiger partial charge in [0.1, 0.15) is 0 Å². The monoisotopic (exact) mass is 488 g/mol. The molecule has 12 heteroatoms. The van der Waals surface area contributed by atoms with E-state index in [1.54, 1.807) is 11.8 Å². The van der Waals surface area contributed by atoms with E-state index in [0.29, 0.717) is 14.6 Å². The lowest BCUT2D eigenvalue weighted by molar-refractivity contribution is -0.114. The lowest BCUT2D eigenvalue weighted by atomic mass is 10.1. The van der Waals surface area contributed by atoms with Crippen molar-refractivity contribution in [1.29, 1.82) is 0 Å². The smallest absolute Gasteiger partial charge is 0.236 e. The Morgan fingerprint density at radius 1 is 0.871 bits per heavy atom. The van der Waals surface area contributed by atoms with Gasteiger partial charge in [-0.2, -0.15) is 0 Å². The maximum absolute atomic E-state index is 12.2. The summed E-state index contributed by atoms with van der Waals surface area (Å²) in [6.45, 7) is 1.40. The predicted molar refractivity (Wildman–Crippen MR) is 127 cm³/mol. The second-order valence-corrected chi connectivity index (χ2v) is 10.6. The minimum absolute atomic E-state index is 0.159. The number of aromatic nitrogens is 4. The van der Waals surface area contributed by atoms with Crippen molar-refractivity contribution in [2.24, 2.45) is 0 Å². The molecule has 0 atom stereocenters. The number of anilines is 2. The van der Waals surface area contributed by atoms with Crippen molar-refractivity contribution >= 4 is 79.0 Å². The number of nitrogens with one attached hydrogen (secondary N) is 2. The van der Waals surface area contributed by atoms with Crippen LogP contribution in [0.1, 0.15) is 12.5 Å². The predicted octanol–water partition coefficient (Wildman–Crippen LogP) is 4.52. The van der Waals surface area contributed by atoms with E-state index in [2.05, 4.69) is 61.4 Å². The second kappa shape index (κ2) is 10.2. The highest BCUT2D eigenvalue weighted by Crippen LogP contribution is 2.31. The first-order valence-corrected chi connectivity index (χ1v) is 12.6. The van der Waals surface area contributed by atoms with Crippen LogP contribution in [0, 0.1) is 0 Å². The minimum Gasteiger partial charge on any atom is -0.301 e. The van der Waals surface area contributed by atoms with Crippen molar-refractivity contribution in [3.05, 3.63) is 48.0 Å². The largest absolute Gasteiger partial charge is 0.301 e. The van der Waals surface area contributed by atoms with Crippen molar-refractivity contribution in [3.63, 3.8) is 0 Å². The third-order valence-electron chi connectivity index (χ3n) is 3.90. The molecule has 0 unspecified atom stereocenters. The van der Waals surface area contributed by atoms with Crippen molar-refractivity contribution < 1.29 is 9.59 Å². The molecular weight excluding hydrogens is 473 g/mol. The fourth-order valence-corrected chi connectivity index (χ4v) is 6.00. The molecule has 0 saturated carbocycles. The summed E-state index contributed by atoms with van der Waals surface area (Å²) < 4.78 is 1.39. The number of nitrogens with zero attached hydrogens (tertiary/aromatic N) is 4. The fraction of sp³-hybridized carbons (Fsp3) is 0.158. The van der Waals surface area contributed by atoms with Gasteiger partial charge >= 0.3 is 0 Å². The van der Waals surface area contributed by atoms with Gasteiger partial charge in [0.15, 0.2) is 8.68 Å². The van der Waals surface area contributed by atoms with Crippen molar-refractivity contribution in [2.75, 3.05) is 16.4 Å². The zero-order valence-corrected chi connectivity index (χ0v) is 19.5. The van der Waals surface area contributed by atoms with Gasteiger partial charge in [-0.05, 0) is 16.3 Å². The Bertz CT molecular complexity index is 1220. The van der Waals surface area contributed by atoms with Crippen LogP contribution >= 0.6 is 46.2 Å². The molecule has 2 N–H and O–H groups in total. The Kier molecular flexibility index (Phi) is 7.12. The third-order valence-corrected chi connectivity index (χ3v) is 7.89. The standard InChI is InChI=1S/C19H16N6O2S4/c1-11(26)20-16-22-25-19(30-16)29-10-15(27)21-17-23-24-18(31-17)28-9-13-7-4-6-12-5-2-3-8-14(12)13/h2-8H,9-10H2,1H3,(H,20,22,26)(H,21,23,27). The third kappa shape index (κ3) is 6.00. The molecule has 2 amide bonds. The highest BCUT2D eigenvalue weighted by molar-refractivity contribution is 8.01. The number of amides is 2. The molecule has 0 bridgehead atoms. The molecule has 31 heavy (non-hydrogen) atoms. The first-order chi connectivity index (χ1) is 15.1. The average Bonchev–Trinajstić information content (AvgIpc) is 3.39. The Morgan fingerprint density at radius 3 is 2.32 bits per heavy atom. The molecule has 158 valence electrons. The van der Waals surface area contributed by atoms with Crippen LogP contribution in [-0.2, 0) is 15.3 Å². The Labute approximate surface area is 194 Å². The van der Waals surface area contributed by atoms with E-state index < -0.39 is 0 Å². The van der Waals surface area contributed by atoms with Crippen LogP contribution in [-0.4, -0.2) is 38.0 Å². The molecule has 0 aliphatic heterocycles. The molecule has 0 radical (unpaired) electrons. The molecule has 2 aromatic heterocycles. The number of thioether (sulfide) groups is 2. The normalized spacial score (nSPS) is 10.9. The van der Waals surface area contributed by atoms with Gasteiger partial charge in [0.25, 0.3) is 0 Å². The number of carbonyl (C=O) groups is 2. The van der Waals surface area contributed by atoms with Gasteiger partial charge in [-0.15, -0.1) is 20.4 Å². The topological polar surface area (TPSA) is 110 Å². The van der Waals surface area contributed by atoms with Gasteiger partial charge in [-0.1, -0.05) is 88.7 Å². The maximum atomic E-state index is 12.2. The van der Waals surface area contributed by atoms with Crippen molar-refractivity contribution in [1.82, 2.24) is 20.4 Å². The molecule has 0 saturated heterocycles. The van der Waals surface area contributed by atoms with Gasteiger partial charge in [-0.25, -0.2) is 0 Å². The maximum Gasteiger partial charge on any atom is 0.236 e. The quantitative estimate of drug-likeness (QED) is 0.275. The Morgan fingerprint density at radius 2 is 1.55 bits per heavy atom. The van der Waals surface area contributed by atoms with E-state index in [9.17, 15) is 9.59 Å². The number of hydrogen-bond donors (Lipinski definition) is 2. The Balaban J connectivity index is 1.28. The Hall–Kier alpha value is -2.54. The van der Waals surface area contributed by atoms with Gasteiger partial charge in [0.05, 0.1) is 5.75 Å². The second-order valence-electron chi connectivity index (χ2n) is 6.19. The van der Waals surface area contributed by atoms with Gasteiger partial charge < -0.3 is 5.32 Å². The molecule has 4 aromatic rings. The summed E-state index contributed by atoms with van der Waals surface area (Å²) in [5.74, 6) is 0.513. The van der Waals surface area contributed by atoms with Crippen LogP contribution in [0.25, 0.3) is 10.8 Å². The molecular formula is C19H16N6O2S4. The first kappa shape index (κ1) is 21.7. The molecule has 0 spiro atoms. The molecule has 2 aromatic carbocycles. The summed E-state index contributed by atoms with van der Waals surface area (Å²) in [4.78, 5) is 23.2. The van der Waals surface area contributed by atoms with Crippen LogP contribution in [0.15, 0.2) is 51.1 Å². The number of hydrogen-bond acceptors (Lipinski definition) is 10. The summed E-state index contributed by atoms with van der Waals surface area (Å²) in [5, 5.41) is 24.6. The van der Waals surface area contributed by atoms with E-state index in [-0.39, 0.29) is 17.6 Å². The van der Waals surface area contributed by atoms with Gasteiger partial charge in [0, 0.05) is 12.7 Å². The van der Waals surface area contributed by atoms with E-state index in [1.165, 1.54) is 57.7 Å². The number of benzene rings is 2. The lowest BCUT2D eigenvalue weighted by Gasteiger charge is -2.04. The minimum atomic E-state index is -0.212. The SMILES string of the molecule is CC(=O)Nc1nnc(SCC(=O)Nc2nnc(SCc3cccc4ccccc34)s2)s1. The molecule has 8 nitrogen and oxygen atoms in total. The summed E-state index contributed by atoms with van der Waals surface area (Å²) in [7, 11) is 0. The summed E-state index contributed by atoms with van der Waals surface area (Å²) in [6.07, 6.45) is 0. The summed E-state index contributed by atoms with van der Waals surface area (Å²) in [5.41, 5.74) is 1.23. The van der Waals surface area contributed by atoms with E-state index >= 15 is 0 Å². The summed E-state index contributed by atoms with van der Waals surface area (Å²) in [6, 6.07) is 14.6. The van der Waals surface area contributed by atoms with Crippen LogP contribution in [0.3, 0.4) is 0 Å². The van der Waals surface area contributed by atoms with E-state index in [4.69, 9.17) is 0 Å². The zero-order chi connectivity index (χ0) is 21.6. The average molecular weight is 489 g/mol. The molecule has 4 rings (SSSR count).